The van der Waals surface area contributed by atoms with Gasteiger partial charge >= 0.3 is 0 Å². The summed E-state index contributed by atoms with van der Waals surface area (Å²) in [5.41, 5.74) is 1.51. The highest BCUT2D eigenvalue weighted by molar-refractivity contribution is 7.89. The van der Waals surface area contributed by atoms with Crippen molar-refractivity contribution in [2.75, 3.05) is 32.7 Å². The van der Waals surface area contributed by atoms with Crippen molar-refractivity contribution in [1.29, 1.82) is 0 Å². The lowest BCUT2D eigenvalue weighted by molar-refractivity contribution is 0.0735. The monoisotopic (exact) mass is 391 g/mol. The highest BCUT2D eigenvalue weighted by Crippen LogP contribution is 2.28. The van der Waals surface area contributed by atoms with Crippen molar-refractivity contribution in [2.45, 2.75) is 17.9 Å². The van der Waals surface area contributed by atoms with E-state index in [1.807, 2.05) is 11.4 Å². The average Bonchev–Trinajstić information content (AvgIpc) is 3.16. The SMILES string of the molecule is O=C(c1cccc(S(=O)(=O)N2CCc3sccc3C2)c1)N1CCNCC1. The van der Waals surface area contributed by atoms with Gasteiger partial charge in [0.15, 0.2) is 0 Å². The summed E-state index contributed by atoms with van der Waals surface area (Å²) in [5.74, 6) is -0.109. The molecule has 3 heterocycles. The maximum absolute atomic E-state index is 13.1. The Kier molecular flexibility index (Phi) is 4.83. The van der Waals surface area contributed by atoms with E-state index in [0.29, 0.717) is 31.7 Å². The molecule has 8 heteroatoms. The van der Waals surface area contributed by atoms with Crippen LogP contribution in [0.1, 0.15) is 20.8 Å². The highest BCUT2D eigenvalue weighted by Gasteiger charge is 2.29. The second-order valence-corrected chi connectivity index (χ2v) is 9.47. The Balaban J connectivity index is 1.58. The summed E-state index contributed by atoms with van der Waals surface area (Å²) in [5, 5.41) is 5.22. The van der Waals surface area contributed by atoms with Crippen LogP contribution in [0.3, 0.4) is 0 Å². The van der Waals surface area contributed by atoms with Gasteiger partial charge in [-0.1, -0.05) is 6.07 Å². The van der Waals surface area contributed by atoms with Gasteiger partial charge in [-0.2, -0.15) is 4.31 Å². The van der Waals surface area contributed by atoms with E-state index >= 15 is 0 Å². The number of carbonyl (C=O) groups is 1. The van der Waals surface area contributed by atoms with Crippen LogP contribution in [0.2, 0.25) is 0 Å². The molecule has 0 spiro atoms. The van der Waals surface area contributed by atoms with Crippen LogP contribution >= 0.6 is 11.3 Å². The van der Waals surface area contributed by atoms with Gasteiger partial charge in [-0.15, -0.1) is 11.3 Å². The van der Waals surface area contributed by atoms with Crippen LogP contribution in [0.15, 0.2) is 40.6 Å². The Bertz CT molecular complexity index is 917. The van der Waals surface area contributed by atoms with Crippen LogP contribution in [0.4, 0.5) is 0 Å². The number of piperazine rings is 1. The minimum atomic E-state index is -3.61. The molecule has 2 aliphatic heterocycles. The third-order valence-corrected chi connectivity index (χ3v) is 7.76. The zero-order valence-corrected chi connectivity index (χ0v) is 16.0. The summed E-state index contributed by atoms with van der Waals surface area (Å²) in [6, 6.07) is 8.43. The van der Waals surface area contributed by atoms with Crippen LogP contribution in [-0.2, 0) is 23.0 Å². The number of carbonyl (C=O) groups excluding carboxylic acids is 1. The Labute approximate surface area is 157 Å². The Morgan fingerprint density at radius 1 is 1.12 bits per heavy atom. The second kappa shape index (κ2) is 7.11. The number of hydrogen-bond acceptors (Lipinski definition) is 5. The zero-order valence-electron chi connectivity index (χ0n) is 14.3. The van der Waals surface area contributed by atoms with Crippen molar-refractivity contribution < 1.29 is 13.2 Å². The zero-order chi connectivity index (χ0) is 18.1. The van der Waals surface area contributed by atoms with Crippen molar-refractivity contribution >= 4 is 27.3 Å². The number of thiophene rings is 1. The topological polar surface area (TPSA) is 69.7 Å². The number of fused-ring (bicyclic) bond motifs is 1. The molecule has 1 amide bonds. The van der Waals surface area contributed by atoms with E-state index in [1.165, 1.54) is 15.2 Å². The number of benzene rings is 1. The van der Waals surface area contributed by atoms with E-state index < -0.39 is 10.0 Å². The van der Waals surface area contributed by atoms with Gasteiger partial charge in [0, 0.05) is 49.7 Å². The molecule has 1 saturated heterocycles. The number of nitrogens with one attached hydrogen (secondary N) is 1. The minimum absolute atomic E-state index is 0.109. The van der Waals surface area contributed by atoms with Crippen molar-refractivity contribution in [3.8, 4) is 0 Å². The quantitative estimate of drug-likeness (QED) is 0.862. The summed E-state index contributed by atoms with van der Waals surface area (Å²) in [6.07, 6.45) is 0.742. The molecule has 0 atom stereocenters. The van der Waals surface area contributed by atoms with Gasteiger partial charge in [-0.05, 0) is 41.6 Å². The average molecular weight is 392 g/mol. The molecule has 2 aliphatic rings. The first-order valence-electron chi connectivity index (χ1n) is 8.71. The fourth-order valence-electron chi connectivity index (χ4n) is 3.42. The van der Waals surface area contributed by atoms with Gasteiger partial charge in [-0.3, -0.25) is 4.79 Å². The lowest BCUT2D eigenvalue weighted by Crippen LogP contribution is -2.46. The van der Waals surface area contributed by atoms with Gasteiger partial charge in [0.1, 0.15) is 0 Å². The summed E-state index contributed by atoms with van der Waals surface area (Å²) in [6.45, 7) is 3.69. The molecule has 0 aliphatic carbocycles. The van der Waals surface area contributed by atoms with Crippen molar-refractivity contribution in [3.63, 3.8) is 0 Å². The first-order valence-corrected chi connectivity index (χ1v) is 11.0. The number of hydrogen-bond donors (Lipinski definition) is 1. The Hall–Kier alpha value is -1.74. The molecule has 6 nitrogen and oxygen atoms in total. The van der Waals surface area contributed by atoms with Crippen LogP contribution in [-0.4, -0.2) is 56.3 Å². The summed E-state index contributed by atoms with van der Waals surface area (Å²) in [4.78, 5) is 15.9. The molecule has 138 valence electrons. The summed E-state index contributed by atoms with van der Waals surface area (Å²) >= 11 is 1.68. The smallest absolute Gasteiger partial charge is 0.253 e. The van der Waals surface area contributed by atoms with Gasteiger partial charge < -0.3 is 10.2 Å². The summed E-state index contributed by atoms with van der Waals surface area (Å²) < 4.78 is 27.6. The van der Waals surface area contributed by atoms with Gasteiger partial charge in [0.25, 0.3) is 5.91 Å². The summed E-state index contributed by atoms with van der Waals surface area (Å²) in [7, 11) is -3.61. The van der Waals surface area contributed by atoms with E-state index in [-0.39, 0.29) is 10.8 Å². The number of nitrogens with zero attached hydrogens (tertiary/aromatic N) is 2. The van der Waals surface area contributed by atoms with Gasteiger partial charge in [0.2, 0.25) is 10.0 Å². The lowest BCUT2D eigenvalue weighted by atomic mass is 10.1. The van der Waals surface area contributed by atoms with E-state index in [9.17, 15) is 13.2 Å². The molecular formula is C18H21N3O3S2. The first-order chi connectivity index (χ1) is 12.6. The molecule has 0 bridgehead atoms. The number of sulfonamides is 1. The Morgan fingerprint density at radius 2 is 1.92 bits per heavy atom. The highest BCUT2D eigenvalue weighted by atomic mass is 32.2. The molecule has 4 rings (SSSR count). The van der Waals surface area contributed by atoms with E-state index in [1.54, 1.807) is 34.4 Å². The van der Waals surface area contributed by atoms with Crippen molar-refractivity contribution in [3.05, 3.63) is 51.7 Å². The van der Waals surface area contributed by atoms with E-state index in [0.717, 1.165) is 25.1 Å². The minimum Gasteiger partial charge on any atom is -0.336 e. The normalized spacial score (nSPS) is 18.5. The number of amides is 1. The van der Waals surface area contributed by atoms with E-state index in [4.69, 9.17) is 0 Å². The second-order valence-electron chi connectivity index (χ2n) is 6.53. The molecule has 1 aromatic heterocycles. The molecule has 0 radical (unpaired) electrons. The standard InChI is InChI=1S/C18H21N3O3S2/c22-18(20-9-6-19-7-10-20)14-2-1-3-16(12-14)26(23,24)21-8-4-17-15(13-21)5-11-25-17/h1-3,5,11-12,19H,4,6-10,13H2. The fourth-order valence-corrected chi connectivity index (χ4v) is 5.77. The predicted molar refractivity (Wildman–Crippen MR) is 101 cm³/mol. The van der Waals surface area contributed by atoms with Crippen LogP contribution in [0, 0.1) is 0 Å². The van der Waals surface area contributed by atoms with E-state index in [2.05, 4.69) is 5.32 Å². The fraction of sp³-hybridized carbons (Fsp3) is 0.389. The third-order valence-electron chi connectivity index (χ3n) is 4.90. The molecule has 1 fully saturated rings. The molecular weight excluding hydrogens is 370 g/mol. The van der Waals surface area contributed by atoms with Crippen LogP contribution in [0.25, 0.3) is 0 Å². The largest absolute Gasteiger partial charge is 0.336 e. The number of rotatable bonds is 3. The third kappa shape index (κ3) is 3.29. The first kappa shape index (κ1) is 17.7. The molecule has 0 unspecified atom stereocenters. The Morgan fingerprint density at radius 3 is 2.73 bits per heavy atom. The van der Waals surface area contributed by atoms with Crippen LogP contribution in [0.5, 0.6) is 0 Å². The maximum atomic E-state index is 13.1. The van der Waals surface area contributed by atoms with Crippen molar-refractivity contribution in [1.82, 2.24) is 14.5 Å². The maximum Gasteiger partial charge on any atom is 0.253 e. The van der Waals surface area contributed by atoms with Gasteiger partial charge in [-0.25, -0.2) is 8.42 Å². The van der Waals surface area contributed by atoms with Gasteiger partial charge in [0.05, 0.1) is 4.90 Å². The van der Waals surface area contributed by atoms with Crippen LogP contribution < -0.4 is 5.32 Å². The molecule has 26 heavy (non-hydrogen) atoms. The lowest BCUT2D eigenvalue weighted by Gasteiger charge is -2.28. The van der Waals surface area contributed by atoms with Crippen molar-refractivity contribution in [2.24, 2.45) is 0 Å². The molecule has 0 saturated carbocycles. The molecule has 1 aromatic carbocycles. The molecule has 2 aromatic rings. The molecule has 1 N–H and O–H groups in total. The predicted octanol–water partition coefficient (Wildman–Crippen LogP) is 1.54.